The summed E-state index contributed by atoms with van der Waals surface area (Å²) in [5.74, 6) is -0.106. The van der Waals surface area contributed by atoms with Crippen LogP contribution in [-0.2, 0) is 9.53 Å². The van der Waals surface area contributed by atoms with E-state index in [4.69, 9.17) is 4.74 Å². The number of benzene rings is 1. The second kappa shape index (κ2) is 6.01. The first-order valence-electron chi connectivity index (χ1n) is 5.14. The van der Waals surface area contributed by atoms with Crippen molar-refractivity contribution in [2.24, 2.45) is 0 Å². The Morgan fingerprint density at radius 1 is 1.38 bits per heavy atom. The largest absolute Gasteiger partial charge is 0.372 e. The van der Waals surface area contributed by atoms with E-state index < -0.39 is 6.10 Å². The average molecular weight is 286 g/mol. The number of hydrogen-bond acceptors (Lipinski definition) is 2. The minimum Gasteiger partial charge on any atom is -0.372 e. The maximum absolute atomic E-state index is 11.6. The highest BCUT2D eigenvalue weighted by molar-refractivity contribution is 9.10. The number of amides is 1. The van der Waals surface area contributed by atoms with Crippen molar-refractivity contribution in [2.75, 3.05) is 7.11 Å². The second-order valence-corrected chi connectivity index (χ2v) is 4.48. The molecule has 0 aliphatic carbocycles. The lowest BCUT2D eigenvalue weighted by Gasteiger charge is -2.18. The van der Waals surface area contributed by atoms with Gasteiger partial charge in [0.1, 0.15) is 6.10 Å². The molecule has 0 heterocycles. The molecule has 0 fully saturated rings. The average Bonchev–Trinajstić information content (AvgIpc) is 2.28. The molecule has 0 aliphatic rings. The molecule has 0 spiro atoms. The molecule has 0 bridgehead atoms. The predicted molar refractivity (Wildman–Crippen MR) is 67.2 cm³/mol. The van der Waals surface area contributed by atoms with Crippen LogP contribution >= 0.6 is 15.9 Å². The van der Waals surface area contributed by atoms with E-state index in [1.54, 1.807) is 6.92 Å². The van der Waals surface area contributed by atoms with Crippen molar-refractivity contribution < 1.29 is 9.53 Å². The zero-order chi connectivity index (χ0) is 12.1. The highest BCUT2D eigenvalue weighted by Gasteiger charge is 2.16. The van der Waals surface area contributed by atoms with E-state index in [-0.39, 0.29) is 11.9 Å². The van der Waals surface area contributed by atoms with Crippen molar-refractivity contribution in [3.05, 3.63) is 34.3 Å². The van der Waals surface area contributed by atoms with E-state index in [1.807, 2.05) is 31.2 Å². The fraction of sp³-hybridized carbons (Fsp3) is 0.417. The minimum atomic E-state index is -0.426. The molecule has 0 saturated heterocycles. The smallest absolute Gasteiger partial charge is 0.249 e. The molecular weight excluding hydrogens is 270 g/mol. The summed E-state index contributed by atoms with van der Waals surface area (Å²) in [4.78, 5) is 11.6. The molecule has 1 aromatic rings. The SMILES string of the molecule is COC(C)C(=O)N[C@H](C)c1ccccc1Br. The van der Waals surface area contributed by atoms with Crippen LogP contribution in [0.5, 0.6) is 0 Å². The summed E-state index contributed by atoms with van der Waals surface area (Å²) in [5, 5.41) is 2.89. The third-order valence-corrected chi connectivity index (χ3v) is 3.18. The molecule has 1 amide bonds. The lowest BCUT2D eigenvalue weighted by atomic mass is 10.1. The van der Waals surface area contributed by atoms with Crippen LogP contribution in [0.15, 0.2) is 28.7 Å². The molecule has 0 radical (unpaired) electrons. The zero-order valence-electron chi connectivity index (χ0n) is 9.66. The van der Waals surface area contributed by atoms with Gasteiger partial charge >= 0.3 is 0 Å². The maximum atomic E-state index is 11.6. The fourth-order valence-corrected chi connectivity index (χ4v) is 1.97. The molecule has 1 rings (SSSR count). The lowest BCUT2D eigenvalue weighted by Crippen LogP contribution is -2.35. The van der Waals surface area contributed by atoms with Gasteiger partial charge in [-0.2, -0.15) is 0 Å². The van der Waals surface area contributed by atoms with Gasteiger partial charge in [-0.1, -0.05) is 34.1 Å². The number of hydrogen-bond donors (Lipinski definition) is 1. The van der Waals surface area contributed by atoms with Gasteiger partial charge < -0.3 is 10.1 Å². The van der Waals surface area contributed by atoms with Crippen LogP contribution in [-0.4, -0.2) is 19.1 Å². The van der Waals surface area contributed by atoms with Gasteiger partial charge in [0.15, 0.2) is 0 Å². The van der Waals surface area contributed by atoms with Crippen molar-refractivity contribution in [3.63, 3.8) is 0 Å². The Morgan fingerprint density at radius 3 is 2.56 bits per heavy atom. The van der Waals surface area contributed by atoms with Crippen molar-refractivity contribution in [1.29, 1.82) is 0 Å². The summed E-state index contributed by atoms with van der Waals surface area (Å²) < 4.78 is 5.95. The minimum absolute atomic E-state index is 0.0410. The third-order valence-electron chi connectivity index (χ3n) is 2.45. The summed E-state index contributed by atoms with van der Waals surface area (Å²) in [7, 11) is 1.52. The van der Waals surface area contributed by atoms with Crippen molar-refractivity contribution >= 4 is 21.8 Å². The summed E-state index contributed by atoms with van der Waals surface area (Å²) in [6.45, 7) is 3.67. The number of carbonyl (C=O) groups is 1. The van der Waals surface area contributed by atoms with Gasteiger partial charge in [0.2, 0.25) is 5.91 Å². The molecule has 1 unspecified atom stereocenters. The van der Waals surface area contributed by atoms with Gasteiger partial charge in [-0.25, -0.2) is 0 Å². The Morgan fingerprint density at radius 2 is 2.00 bits per heavy atom. The first kappa shape index (κ1) is 13.2. The highest BCUT2D eigenvalue weighted by Crippen LogP contribution is 2.22. The quantitative estimate of drug-likeness (QED) is 0.924. The number of rotatable bonds is 4. The van der Waals surface area contributed by atoms with Gasteiger partial charge in [0, 0.05) is 11.6 Å². The molecule has 1 N–H and O–H groups in total. The van der Waals surface area contributed by atoms with Crippen LogP contribution in [0.25, 0.3) is 0 Å². The van der Waals surface area contributed by atoms with Gasteiger partial charge in [0.05, 0.1) is 6.04 Å². The van der Waals surface area contributed by atoms with Crippen LogP contribution in [0.3, 0.4) is 0 Å². The molecule has 0 aromatic heterocycles. The third kappa shape index (κ3) is 3.32. The molecule has 88 valence electrons. The molecule has 16 heavy (non-hydrogen) atoms. The van der Waals surface area contributed by atoms with E-state index >= 15 is 0 Å². The van der Waals surface area contributed by atoms with E-state index in [0.29, 0.717) is 0 Å². The van der Waals surface area contributed by atoms with Gasteiger partial charge in [-0.3, -0.25) is 4.79 Å². The Hall–Kier alpha value is -0.870. The van der Waals surface area contributed by atoms with Gasteiger partial charge in [-0.05, 0) is 25.5 Å². The fourth-order valence-electron chi connectivity index (χ4n) is 1.34. The number of ether oxygens (including phenoxy) is 1. The van der Waals surface area contributed by atoms with Crippen LogP contribution in [0.2, 0.25) is 0 Å². The zero-order valence-corrected chi connectivity index (χ0v) is 11.2. The summed E-state index contributed by atoms with van der Waals surface area (Å²) in [6, 6.07) is 7.78. The molecule has 1 aromatic carbocycles. The Kier molecular flexibility index (Phi) is 4.96. The monoisotopic (exact) mass is 285 g/mol. The number of carbonyl (C=O) groups excluding carboxylic acids is 1. The Labute approximate surface area is 104 Å². The van der Waals surface area contributed by atoms with E-state index in [1.165, 1.54) is 7.11 Å². The maximum Gasteiger partial charge on any atom is 0.249 e. The van der Waals surface area contributed by atoms with E-state index in [9.17, 15) is 4.79 Å². The van der Waals surface area contributed by atoms with Crippen LogP contribution in [0.1, 0.15) is 25.5 Å². The van der Waals surface area contributed by atoms with Crippen molar-refractivity contribution in [2.45, 2.75) is 26.0 Å². The highest BCUT2D eigenvalue weighted by atomic mass is 79.9. The molecule has 2 atom stereocenters. The number of halogens is 1. The van der Waals surface area contributed by atoms with Crippen LogP contribution < -0.4 is 5.32 Å². The Balaban J connectivity index is 2.69. The summed E-state index contributed by atoms with van der Waals surface area (Å²) >= 11 is 3.46. The summed E-state index contributed by atoms with van der Waals surface area (Å²) in [5.41, 5.74) is 1.05. The van der Waals surface area contributed by atoms with Gasteiger partial charge in [0.25, 0.3) is 0 Å². The van der Waals surface area contributed by atoms with Crippen LogP contribution in [0.4, 0.5) is 0 Å². The van der Waals surface area contributed by atoms with Crippen molar-refractivity contribution in [3.8, 4) is 0 Å². The normalized spacial score (nSPS) is 14.2. The summed E-state index contributed by atoms with van der Waals surface area (Å²) in [6.07, 6.45) is -0.426. The van der Waals surface area contributed by atoms with E-state index in [0.717, 1.165) is 10.0 Å². The topological polar surface area (TPSA) is 38.3 Å². The lowest BCUT2D eigenvalue weighted by molar-refractivity contribution is -0.130. The number of nitrogens with one attached hydrogen (secondary N) is 1. The number of methoxy groups -OCH3 is 1. The first-order chi connectivity index (χ1) is 7.56. The van der Waals surface area contributed by atoms with Crippen LogP contribution in [0, 0.1) is 0 Å². The second-order valence-electron chi connectivity index (χ2n) is 3.63. The molecule has 0 saturated carbocycles. The van der Waals surface area contributed by atoms with Gasteiger partial charge in [-0.15, -0.1) is 0 Å². The predicted octanol–water partition coefficient (Wildman–Crippen LogP) is 2.66. The standard InChI is InChI=1S/C12H16BrNO2/c1-8(14-12(15)9(2)16-3)10-6-4-5-7-11(10)13/h4-9H,1-3H3,(H,14,15)/t8-,9?/m1/s1. The molecule has 0 aliphatic heterocycles. The molecular formula is C12H16BrNO2. The molecule has 4 heteroatoms. The Bertz CT molecular complexity index is 368. The first-order valence-corrected chi connectivity index (χ1v) is 5.93. The van der Waals surface area contributed by atoms with Crippen molar-refractivity contribution in [1.82, 2.24) is 5.32 Å². The van der Waals surface area contributed by atoms with E-state index in [2.05, 4.69) is 21.2 Å². The molecule has 3 nitrogen and oxygen atoms in total.